The summed E-state index contributed by atoms with van der Waals surface area (Å²) >= 11 is 1.44. The quantitative estimate of drug-likeness (QED) is 0.840. The van der Waals surface area contributed by atoms with Crippen LogP contribution in [0.1, 0.15) is 18.3 Å². The van der Waals surface area contributed by atoms with Crippen LogP contribution in [0, 0.1) is 6.92 Å². The number of nitrogen functional groups attached to an aromatic ring is 1. The summed E-state index contributed by atoms with van der Waals surface area (Å²) in [5.41, 5.74) is 8.63. The van der Waals surface area contributed by atoms with Crippen molar-refractivity contribution in [3.63, 3.8) is 0 Å². The van der Waals surface area contributed by atoms with E-state index in [1.807, 2.05) is 27.0 Å². The van der Waals surface area contributed by atoms with Crippen LogP contribution in [0.25, 0.3) is 0 Å². The highest BCUT2D eigenvalue weighted by atomic mass is 32.2. The summed E-state index contributed by atoms with van der Waals surface area (Å²) in [7, 11) is 1.88. The summed E-state index contributed by atoms with van der Waals surface area (Å²) < 4.78 is 1.78. The van der Waals surface area contributed by atoms with Crippen LogP contribution < -0.4 is 5.73 Å². The first kappa shape index (κ1) is 11.9. The third-order valence-electron chi connectivity index (χ3n) is 2.40. The molecule has 0 unspecified atom stereocenters. The van der Waals surface area contributed by atoms with Gasteiger partial charge in [0, 0.05) is 18.9 Å². The van der Waals surface area contributed by atoms with E-state index >= 15 is 0 Å². The van der Waals surface area contributed by atoms with E-state index in [-0.39, 0.29) is 0 Å². The maximum Gasteiger partial charge on any atom is 0.194 e. The van der Waals surface area contributed by atoms with E-state index in [2.05, 4.69) is 15.1 Å². The molecule has 0 fully saturated rings. The van der Waals surface area contributed by atoms with E-state index in [9.17, 15) is 0 Å². The molecule has 0 saturated heterocycles. The van der Waals surface area contributed by atoms with Crippen molar-refractivity contribution in [1.29, 1.82) is 0 Å². The molecule has 2 aromatic heterocycles. The van der Waals surface area contributed by atoms with Gasteiger partial charge in [-0.1, -0.05) is 6.92 Å². The Hall–Kier alpha value is -1.56. The smallest absolute Gasteiger partial charge is 0.194 e. The number of rotatable bonds is 3. The minimum Gasteiger partial charge on any atom is -0.395 e. The molecule has 2 heterocycles. The minimum atomic E-state index is 0.697. The lowest BCUT2D eigenvalue weighted by atomic mass is 10.3. The molecule has 0 bridgehead atoms. The first-order chi connectivity index (χ1) is 8.11. The first-order valence-electron chi connectivity index (χ1n) is 5.40. The third kappa shape index (κ3) is 2.41. The number of aromatic nitrogens is 4. The van der Waals surface area contributed by atoms with Crippen molar-refractivity contribution < 1.29 is 0 Å². The molecule has 2 rings (SSSR count). The maximum absolute atomic E-state index is 6.04. The van der Waals surface area contributed by atoms with Crippen LogP contribution in [0.4, 0.5) is 5.69 Å². The van der Waals surface area contributed by atoms with E-state index in [0.717, 1.165) is 28.5 Å². The Morgan fingerprint density at radius 2 is 2.24 bits per heavy atom. The normalized spacial score (nSPS) is 10.8. The molecule has 0 radical (unpaired) electrons. The molecule has 2 aromatic rings. The summed E-state index contributed by atoms with van der Waals surface area (Å²) in [5.74, 6) is 0. The average Bonchev–Trinajstić information content (AvgIpc) is 2.56. The zero-order chi connectivity index (χ0) is 12.4. The molecule has 0 aromatic carbocycles. The number of hydrogen-bond acceptors (Lipinski definition) is 5. The van der Waals surface area contributed by atoms with Gasteiger partial charge in [-0.05, 0) is 31.2 Å². The number of nitrogens with zero attached hydrogens (tertiary/aromatic N) is 4. The molecule has 0 atom stereocenters. The van der Waals surface area contributed by atoms with Crippen molar-refractivity contribution in [3.8, 4) is 0 Å². The van der Waals surface area contributed by atoms with E-state index in [1.165, 1.54) is 11.8 Å². The van der Waals surface area contributed by atoms with Gasteiger partial charge in [-0.3, -0.25) is 4.68 Å². The Bertz CT molecular complexity index is 535. The number of nitrogens with two attached hydrogens (primary N) is 1. The van der Waals surface area contributed by atoms with Crippen molar-refractivity contribution in [2.75, 3.05) is 5.73 Å². The van der Waals surface area contributed by atoms with Crippen LogP contribution in [0.15, 0.2) is 22.4 Å². The van der Waals surface area contributed by atoms with E-state index < -0.39 is 0 Å². The SMILES string of the molecule is CCc1nn(C)c(Sc2nccc(C)n2)c1N. The zero-order valence-corrected chi connectivity index (χ0v) is 11.0. The molecule has 5 nitrogen and oxygen atoms in total. The summed E-state index contributed by atoms with van der Waals surface area (Å²) in [6.07, 6.45) is 2.58. The number of anilines is 1. The zero-order valence-electron chi connectivity index (χ0n) is 10.1. The van der Waals surface area contributed by atoms with Gasteiger partial charge < -0.3 is 5.73 Å². The second kappa shape index (κ2) is 4.75. The van der Waals surface area contributed by atoms with Gasteiger partial charge in [0.2, 0.25) is 0 Å². The minimum absolute atomic E-state index is 0.697. The second-order valence-corrected chi connectivity index (χ2v) is 4.68. The molecule has 0 saturated carbocycles. The number of aryl methyl sites for hydroxylation is 3. The fraction of sp³-hybridized carbons (Fsp3) is 0.364. The Kier molecular flexibility index (Phi) is 3.33. The van der Waals surface area contributed by atoms with Crippen LogP contribution >= 0.6 is 11.8 Å². The molecule has 17 heavy (non-hydrogen) atoms. The summed E-state index contributed by atoms with van der Waals surface area (Å²) in [5, 5.41) is 5.95. The Labute approximate surface area is 104 Å². The van der Waals surface area contributed by atoms with Gasteiger partial charge in [0.1, 0.15) is 5.03 Å². The molecule has 90 valence electrons. The third-order valence-corrected chi connectivity index (χ3v) is 3.46. The Morgan fingerprint density at radius 1 is 1.47 bits per heavy atom. The highest BCUT2D eigenvalue weighted by molar-refractivity contribution is 7.99. The van der Waals surface area contributed by atoms with Crippen molar-refractivity contribution in [3.05, 3.63) is 23.7 Å². The highest BCUT2D eigenvalue weighted by Crippen LogP contribution is 2.31. The lowest BCUT2D eigenvalue weighted by molar-refractivity contribution is 0.686. The summed E-state index contributed by atoms with van der Waals surface area (Å²) in [4.78, 5) is 8.55. The molecular formula is C11H15N5S. The summed E-state index contributed by atoms with van der Waals surface area (Å²) in [6, 6.07) is 1.87. The Balaban J connectivity index is 2.33. The van der Waals surface area contributed by atoms with Gasteiger partial charge in [0.15, 0.2) is 5.16 Å². The van der Waals surface area contributed by atoms with Crippen LogP contribution in [0.2, 0.25) is 0 Å². The standard InChI is InChI=1S/C11H15N5S/c1-4-8-9(12)10(16(3)15-8)17-11-13-6-5-7(2)14-11/h5-6H,4,12H2,1-3H3. The largest absolute Gasteiger partial charge is 0.395 e. The van der Waals surface area contributed by atoms with Crippen molar-refractivity contribution in [2.24, 2.45) is 7.05 Å². The molecule has 0 aliphatic carbocycles. The predicted octanol–water partition coefficient (Wildman–Crippen LogP) is 1.81. The highest BCUT2D eigenvalue weighted by Gasteiger charge is 2.14. The van der Waals surface area contributed by atoms with Gasteiger partial charge in [-0.15, -0.1) is 0 Å². The van der Waals surface area contributed by atoms with Gasteiger partial charge in [-0.2, -0.15) is 5.10 Å². The van der Waals surface area contributed by atoms with E-state index in [0.29, 0.717) is 5.16 Å². The lowest BCUT2D eigenvalue weighted by Crippen LogP contribution is -1.96. The second-order valence-electron chi connectivity index (χ2n) is 3.73. The summed E-state index contributed by atoms with van der Waals surface area (Å²) in [6.45, 7) is 3.98. The molecule has 0 amide bonds. The lowest BCUT2D eigenvalue weighted by Gasteiger charge is -2.02. The number of hydrogen-bond donors (Lipinski definition) is 1. The van der Waals surface area contributed by atoms with Crippen molar-refractivity contribution in [1.82, 2.24) is 19.7 Å². The van der Waals surface area contributed by atoms with E-state index in [4.69, 9.17) is 5.73 Å². The Morgan fingerprint density at radius 3 is 2.82 bits per heavy atom. The van der Waals surface area contributed by atoms with Gasteiger partial charge >= 0.3 is 0 Å². The van der Waals surface area contributed by atoms with Gasteiger partial charge in [0.25, 0.3) is 0 Å². The molecule has 0 spiro atoms. The topological polar surface area (TPSA) is 69.6 Å². The molecular weight excluding hydrogens is 234 g/mol. The fourth-order valence-electron chi connectivity index (χ4n) is 1.52. The van der Waals surface area contributed by atoms with E-state index in [1.54, 1.807) is 10.9 Å². The molecule has 0 aliphatic heterocycles. The van der Waals surface area contributed by atoms with Gasteiger partial charge in [0.05, 0.1) is 11.4 Å². The van der Waals surface area contributed by atoms with Gasteiger partial charge in [-0.25, -0.2) is 9.97 Å². The van der Waals surface area contributed by atoms with Crippen molar-refractivity contribution >= 4 is 17.4 Å². The predicted molar refractivity (Wildman–Crippen MR) is 67.9 cm³/mol. The van der Waals surface area contributed by atoms with Crippen LogP contribution in [-0.2, 0) is 13.5 Å². The molecule has 6 heteroatoms. The molecule has 0 aliphatic rings. The maximum atomic E-state index is 6.04. The van der Waals surface area contributed by atoms with Crippen LogP contribution in [0.3, 0.4) is 0 Å². The fourth-order valence-corrected chi connectivity index (χ4v) is 2.40. The first-order valence-corrected chi connectivity index (χ1v) is 6.22. The van der Waals surface area contributed by atoms with Crippen LogP contribution in [-0.4, -0.2) is 19.7 Å². The average molecular weight is 249 g/mol. The molecule has 2 N–H and O–H groups in total. The van der Waals surface area contributed by atoms with Crippen LogP contribution in [0.5, 0.6) is 0 Å². The van der Waals surface area contributed by atoms with Crippen molar-refractivity contribution in [2.45, 2.75) is 30.5 Å². The monoisotopic (exact) mass is 249 g/mol.